The highest BCUT2D eigenvalue weighted by atomic mass is 19.1. The first kappa shape index (κ1) is 25.4. The predicted molar refractivity (Wildman–Crippen MR) is 140 cm³/mol. The minimum Gasteiger partial charge on any atom is -0.384 e. The van der Waals surface area contributed by atoms with Gasteiger partial charge in [0.2, 0.25) is 5.91 Å². The molecule has 1 aromatic carbocycles. The minimum absolute atomic E-state index is 0.0126. The van der Waals surface area contributed by atoms with E-state index in [1.165, 1.54) is 24.8 Å². The molecule has 2 aliphatic carbocycles. The van der Waals surface area contributed by atoms with Crippen molar-refractivity contribution < 1.29 is 13.9 Å². The summed E-state index contributed by atoms with van der Waals surface area (Å²) in [6, 6.07) is 8.80. The number of aromatic nitrogens is 2. The van der Waals surface area contributed by atoms with Crippen LogP contribution in [0, 0.1) is 23.2 Å². The lowest BCUT2D eigenvalue weighted by molar-refractivity contribution is -0.130. The Bertz CT molecular complexity index is 1240. The van der Waals surface area contributed by atoms with Gasteiger partial charge in [-0.25, -0.2) is 9.37 Å². The normalized spacial score (nSPS) is 21.8. The number of amides is 1. The van der Waals surface area contributed by atoms with E-state index in [0.29, 0.717) is 43.2 Å². The number of carbonyl (C=O) groups excluding carboxylic acids is 1. The first-order valence-corrected chi connectivity index (χ1v) is 13.4. The monoisotopic (exact) mass is 502 g/mol. The summed E-state index contributed by atoms with van der Waals surface area (Å²) in [4.78, 5) is 23.5. The van der Waals surface area contributed by atoms with Gasteiger partial charge in [-0.2, -0.15) is 5.26 Å². The molecule has 1 aliphatic heterocycles. The first-order chi connectivity index (χ1) is 17.9. The number of likely N-dealkylation sites (tertiary alicyclic amines) is 1. The van der Waals surface area contributed by atoms with Crippen LogP contribution in [-0.4, -0.2) is 47.6 Å². The van der Waals surface area contributed by atoms with Gasteiger partial charge in [0.25, 0.3) is 0 Å². The standard InChI is InChI=1S/C30H35FN4O2/c1-20-16-25(22-4-3-5-22)26(27-19-33-28(34-27)10-15-37-2)17-24(20)29(36)35-13-11-30(31,12-14-35)23-8-6-21(18-32)7-9-23/h6-9,17,19-20,22H,3-5,10-16H2,1-2H3,(H,33,34). The summed E-state index contributed by atoms with van der Waals surface area (Å²) in [5.74, 6) is 1.60. The molecule has 194 valence electrons. The summed E-state index contributed by atoms with van der Waals surface area (Å²) in [7, 11) is 1.68. The minimum atomic E-state index is -1.48. The molecule has 1 atom stereocenters. The predicted octanol–water partition coefficient (Wildman–Crippen LogP) is 5.48. The lowest BCUT2D eigenvalue weighted by Gasteiger charge is -2.39. The quantitative estimate of drug-likeness (QED) is 0.544. The van der Waals surface area contributed by atoms with E-state index in [0.717, 1.165) is 29.1 Å². The molecule has 37 heavy (non-hydrogen) atoms. The number of allylic oxidation sites excluding steroid dienone is 3. The molecule has 1 amide bonds. The van der Waals surface area contributed by atoms with Gasteiger partial charge in [0.05, 0.1) is 30.1 Å². The fourth-order valence-electron chi connectivity index (χ4n) is 5.81. The van der Waals surface area contributed by atoms with Gasteiger partial charge < -0.3 is 14.6 Å². The number of H-pyrrole nitrogens is 1. The second-order valence-electron chi connectivity index (χ2n) is 10.7. The van der Waals surface area contributed by atoms with E-state index in [1.54, 1.807) is 31.4 Å². The van der Waals surface area contributed by atoms with Crippen LogP contribution in [0.1, 0.15) is 68.1 Å². The number of hydrogen-bond donors (Lipinski definition) is 1. The number of rotatable bonds is 7. The maximum atomic E-state index is 15.8. The summed E-state index contributed by atoms with van der Waals surface area (Å²) in [5, 5.41) is 9.03. The van der Waals surface area contributed by atoms with Crippen molar-refractivity contribution in [1.82, 2.24) is 14.9 Å². The third-order valence-corrected chi connectivity index (χ3v) is 8.38. The summed E-state index contributed by atoms with van der Waals surface area (Å²) >= 11 is 0. The number of carbonyl (C=O) groups is 1. The van der Waals surface area contributed by atoms with Gasteiger partial charge in [-0.15, -0.1) is 0 Å². The average molecular weight is 503 g/mol. The fraction of sp³-hybridized carbons (Fsp3) is 0.500. The van der Waals surface area contributed by atoms with Gasteiger partial charge in [0.1, 0.15) is 11.5 Å². The molecular formula is C30H35FN4O2. The molecular weight excluding hydrogens is 467 g/mol. The van der Waals surface area contributed by atoms with Crippen LogP contribution in [-0.2, 0) is 21.6 Å². The molecule has 2 aromatic rings. The van der Waals surface area contributed by atoms with Crippen LogP contribution in [0.25, 0.3) is 5.57 Å². The van der Waals surface area contributed by atoms with Crippen molar-refractivity contribution in [2.45, 2.75) is 57.5 Å². The number of ether oxygens (including phenoxy) is 1. The molecule has 1 saturated heterocycles. The highest BCUT2D eigenvalue weighted by molar-refractivity contribution is 5.98. The molecule has 6 nitrogen and oxygen atoms in total. The van der Waals surface area contributed by atoms with Gasteiger partial charge >= 0.3 is 0 Å². The number of alkyl halides is 1. The largest absolute Gasteiger partial charge is 0.384 e. The smallest absolute Gasteiger partial charge is 0.250 e. The number of methoxy groups -OCH3 is 1. The van der Waals surface area contributed by atoms with Crippen molar-refractivity contribution in [2.75, 3.05) is 26.8 Å². The molecule has 1 aromatic heterocycles. The Kier molecular flexibility index (Phi) is 7.30. The Labute approximate surface area is 218 Å². The van der Waals surface area contributed by atoms with Gasteiger partial charge in [-0.1, -0.05) is 31.1 Å². The van der Waals surface area contributed by atoms with Crippen molar-refractivity contribution in [3.8, 4) is 6.07 Å². The van der Waals surface area contributed by atoms with Crippen LogP contribution in [0.3, 0.4) is 0 Å². The number of halogens is 1. The van der Waals surface area contributed by atoms with Crippen LogP contribution in [0.2, 0.25) is 0 Å². The van der Waals surface area contributed by atoms with Gasteiger partial charge in [0.15, 0.2) is 0 Å². The number of nitriles is 1. The highest BCUT2D eigenvalue weighted by Crippen LogP contribution is 2.45. The van der Waals surface area contributed by atoms with Crippen molar-refractivity contribution in [3.63, 3.8) is 0 Å². The van der Waals surface area contributed by atoms with E-state index < -0.39 is 5.67 Å². The van der Waals surface area contributed by atoms with E-state index in [4.69, 9.17) is 10.00 Å². The van der Waals surface area contributed by atoms with Crippen molar-refractivity contribution in [2.24, 2.45) is 11.8 Å². The Morgan fingerprint density at radius 2 is 2.00 bits per heavy atom. The molecule has 1 saturated carbocycles. The van der Waals surface area contributed by atoms with E-state index in [-0.39, 0.29) is 24.7 Å². The second-order valence-corrected chi connectivity index (χ2v) is 10.7. The lowest BCUT2D eigenvalue weighted by atomic mass is 9.71. The van der Waals surface area contributed by atoms with Crippen LogP contribution in [0.5, 0.6) is 0 Å². The zero-order valence-corrected chi connectivity index (χ0v) is 21.7. The molecule has 2 fully saturated rings. The number of imidazole rings is 1. The maximum Gasteiger partial charge on any atom is 0.250 e. The van der Waals surface area contributed by atoms with E-state index in [2.05, 4.69) is 29.0 Å². The number of nitrogens with one attached hydrogen (secondary N) is 1. The molecule has 7 heteroatoms. The molecule has 1 unspecified atom stereocenters. The van der Waals surface area contributed by atoms with Crippen LogP contribution in [0.4, 0.5) is 4.39 Å². The molecule has 2 heterocycles. The van der Waals surface area contributed by atoms with Crippen molar-refractivity contribution in [3.05, 3.63) is 70.3 Å². The van der Waals surface area contributed by atoms with E-state index in [9.17, 15) is 4.79 Å². The number of hydrogen-bond acceptors (Lipinski definition) is 4. The van der Waals surface area contributed by atoms with E-state index >= 15 is 4.39 Å². The van der Waals surface area contributed by atoms with Gasteiger partial charge in [-0.3, -0.25) is 4.79 Å². The molecule has 0 radical (unpaired) electrons. The first-order valence-electron chi connectivity index (χ1n) is 13.4. The fourth-order valence-corrected chi connectivity index (χ4v) is 5.81. The number of aromatic amines is 1. The van der Waals surface area contributed by atoms with Gasteiger partial charge in [-0.05, 0) is 60.4 Å². The third-order valence-electron chi connectivity index (χ3n) is 8.38. The highest BCUT2D eigenvalue weighted by Gasteiger charge is 2.39. The number of nitrogens with zero attached hydrogens (tertiary/aromatic N) is 3. The average Bonchev–Trinajstić information content (AvgIpc) is 3.35. The Morgan fingerprint density at radius 3 is 2.62 bits per heavy atom. The maximum absolute atomic E-state index is 15.8. The SMILES string of the molecule is COCCc1ncc(C2=C(C3CCC3)CC(C)C(C(=O)N3CCC(F)(c4ccc(C#N)cc4)CC3)=C2)[nH]1. The van der Waals surface area contributed by atoms with Crippen molar-refractivity contribution >= 4 is 11.5 Å². The van der Waals surface area contributed by atoms with Crippen LogP contribution >= 0.6 is 0 Å². The van der Waals surface area contributed by atoms with E-state index in [1.807, 2.05) is 11.1 Å². The zero-order valence-electron chi connectivity index (χ0n) is 21.7. The molecule has 0 spiro atoms. The topological polar surface area (TPSA) is 82.0 Å². The van der Waals surface area contributed by atoms with Crippen LogP contribution in [0.15, 0.2) is 47.7 Å². The summed E-state index contributed by atoms with van der Waals surface area (Å²) in [5.41, 5.74) is 3.93. The Balaban J connectivity index is 1.35. The summed E-state index contributed by atoms with van der Waals surface area (Å²) < 4.78 is 21.0. The summed E-state index contributed by atoms with van der Waals surface area (Å²) in [6.07, 6.45) is 9.71. The molecule has 1 N–H and O–H groups in total. The van der Waals surface area contributed by atoms with Gasteiger partial charge in [0, 0.05) is 45.0 Å². The molecule has 5 rings (SSSR count). The molecule has 3 aliphatic rings. The molecule has 0 bridgehead atoms. The third kappa shape index (κ3) is 5.13. The number of benzene rings is 1. The Hall–Kier alpha value is -3.24. The summed E-state index contributed by atoms with van der Waals surface area (Å²) in [6.45, 7) is 3.49. The Morgan fingerprint density at radius 1 is 1.27 bits per heavy atom. The number of piperidine rings is 1. The zero-order chi connectivity index (χ0) is 26.0. The van der Waals surface area contributed by atoms with Crippen LogP contribution < -0.4 is 0 Å². The lowest BCUT2D eigenvalue weighted by Crippen LogP contribution is -2.44. The second kappa shape index (κ2) is 10.6. The van der Waals surface area contributed by atoms with Crippen molar-refractivity contribution in [1.29, 1.82) is 5.26 Å².